The van der Waals surface area contributed by atoms with E-state index in [2.05, 4.69) is 4.72 Å². The molecule has 0 radical (unpaired) electrons. The zero-order chi connectivity index (χ0) is 17.9. The Balaban J connectivity index is 2.36. The van der Waals surface area contributed by atoms with Crippen LogP contribution in [0.5, 0.6) is 5.75 Å². The molecule has 1 heterocycles. The minimum Gasteiger partial charge on any atom is -0.495 e. The van der Waals surface area contributed by atoms with Crippen molar-refractivity contribution >= 4 is 15.9 Å². The van der Waals surface area contributed by atoms with Crippen LogP contribution in [0.15, 0.2) is 23.1 Å². The highest BCUT2D eigenvalue weighted by atomic mass is 32.2. The second kappa shape index (κ2) is 7.50. The Bertz CT molecular complexity index is 703. The Labute approximate surface area is 143 Å². The maximum Gasteiger partial charge on any atom is 0.253 e. The summed E-state index contributed by atoms with van der Waals surface area (Å²) in [6.07, 6.45) is 1.74. The van der Waals surface area contributed by atoms with Gasteiger partial charge in [0, 0.05) is 30.7 Å². The quantitative estimate of drug-likeness (QED) is 0.819. The maximum atomic E-state index is 12.7. The van der Waals surface area contributed by atoms with E-state index in [4.69, 9.17) is 10.5 Å². The summed E-state index contributed by atoms with van der Waals surface area (Å²) in [5, 5.41) is 0. The third-order valence-corrected chi connectivity index (χ3v) is 5.52. The van der Waals surface area contributed by atoms with Gasteiger partial charge in [0.2, 0.25) is 10.0 Å². The van der Waals surface area contributed by atoms with Crippen LogP contribution in [-0.2, 0) is 10.0 Å². The summed E-state index contributed by atoms with van der Waals surface area (Å²) in [6.45, 7) is 4.57. The number of methoxy groups -OCH3 is 1. The van der Waals surface area contributed by atoms with E-state index in [0.29, 0.717) is 18.7 Å². The number of benzene rings is 1. The summed E-state index contributed by atoms with van der Waals surface area (Å²) < 4.78 is 32.6. The van der Waals surface area contributed by atoms with Crippen LogP contribution in [0.4, 0.5) is 0 Å². The molecule has 0 aliphatic carbocycles. The van der Waals surface area contributed by atoms with Gasteiger partial charge in [-0.15, -0.1) is 0 Å². The normalized spacial score (nSPS) is 18.7. The average Bonchev–Trinajstić information content (AvgIpc) is 2.52. The van der Waals surface area contributed by atoms with Crippen LogP contribution in [0.1, 0.15) is 37.0 Å². The molecule has 0 bridgehead atoms. The monoisotopic (exact) mass is 355 g/mol. The number of piperidine rings is 1. The van der Waals surface area contributed by atoms with Gasteiger partial charge in [-0.25, -0.2) is 13.1 Å². The molecule has 24 heavy (non-hydrogen) atoms. The van der Waals surface area contributed by atoms with Crippen molar-refractivity contribution in [2.45, 2.75) is 43.7 Å². The predicted octanol–water partition coefficient (Wildman–Crippen LogP) is 0.945. The number of carbonyl (C=O) groups is 1. The first-order valence-corrected chi connectivity index (χ1v) is 9.48. The number of sulfonamides is 1. The van der Waals surface area contributed by atoms with Crippen molar-refractivity contribution < 1.29 is 17.9 Å². The molecule has 0 aromatic heterocycles. The Morgan fingerprint density at radius 1 is 1.42 bits per heavy atom. The number of amides is 1. The van der Waals surface area contributed by atoms with Crippen LogP contribution < -0.4 is 15.2 Å². The number of carbonyl (C=O) groups excluding carboxylic acids is 1. The van der Waals surface area contributed by atoms with Gasteiger partial charge in [-0.2, -0.15) is 0 Å². The molecule has 8 heteroatoms. The molecule has 1 aromatic rings. The lowest BCUT2D eigenvalue weighted by atomic mass is 10.1. The van der Waals surface area contributed by atoms with Crippen LogP contribution in [-0.4, -0.2) is 51.5 Å². The number of ether oxygens (including phenoxy) is 1. The predicted molar refractivity (Wildman–Crippen MR) is 91.6 cm³/mol. The fraction of sp³-hybridized carbons (Fsp3) is 0.562. The Morgan fingerprint density at radius 3 is 2.71 bits per heavy atom. The minimum atomic E-state index is -3.77. The van der Waals surface area contributed by atoms with Gasteiger partial charge in [0.25, 0.3) is 5.91 Å². The number of hydrogen-bond donors (Lipinski definition) is 2. The van der Waals surface area contributed by atoms with Crippen molar-refractivity contribution in [3.8, 4) is 5.75 Å². The van der Waals surface area contributed by atoms with Crippen LogP contribution in [0.2, 0.25) is 0 Å². The number of likely N-dealkylation sites (tertiary alicyclic amines) is 1. The minimum absolute atomic E-state index is 0.0354. The van der Waals surface area contributed by atoms with Crippen LogP contribution >= 0.6 is 0 Å². The molecule has 0 spiro atoms. The summed E-state index contributed by atoms with van der Waals surface area (Å²) in [7, 11) is -2.37. The van der Waals surface area contributed by atoms with E-state index in [1.807, 2.05) is 0 Å². The van der Waals surface area contributed by atoms with Gasteiger partial charge in [0.1, 0.15) is 10.6 Å². The third-order valence-electron chi connectivity index (χ3n) is 3.84. The molecule has 1 atom stereocenters. The molecule has 1 aliphatic rings. The molecule has 1 amide bonds. The molecule has 3 N–H and O–H groups in total. The van der Waals surface area contributed by atoms with Gasteiger partial charge >= 0.3 is 0 Å². The summed E-state index contributed by atoms with van der Waals surface area (Å²) >= 11 is 0. The van der Waals surface area contributed by atoms with E-state index >= 15 is 0 Å². The molecular formula is C16H25N3O4S. The number of hydrogen-bond acceptors (Lipinski definition) is 5. The van der Waals surface area contributed by atoms with Crippen LogP contribution in [0, 0.1) is 0 Å². The highest BCUT2D eigenvalue weighted by Crippen LogP contribution is 2.26. The second-order valence-electron chi connectivity index (χ2n) is 6.30. The Hall–Kier alpha value is -1.64. The van der Waals surface area contributed by atoms with Gasteiger partial charge in [-0.1, -0.05) is 0 Å². The third kappa shape index (κ3) is 4.25. The standard InChI is InChI=1S/C16H25N3O4S/c1-11(2)18-24(21,22)15-9-12(6-7-14(15)23-3)16(20)19-8-4-5-13(17)10-19/h6-7,9,11,13,18H,4-5,8,10,17H2,1-3H3. The molecule has 1 aliphatic heterocycles. The zero-order valence-electron chi connectivity index (χ0n) is 14.3. The van der Waals surface area contributed by atoms with Crippen molar-refractivity contribution in [3.05, 3.63) is 23.8 Å². The van der Waals surface area contributed by atoms with E-state index in [1.165, 1.54) is 19.2 Å². The summed E-state index contributed by atoms with van der Waals surface area (Å²) in [4.78, 5) is 14.3. The number of nitrogens with two attached hydrogens (primary N) is 1. The molecule has 1 aromatic carbocycles. The Morgan fingerprint density at radius 2 is 2.12 bits per heavy atom. The number of rotatable bonds is 5. The van der Waals surface area contributed by atoms with E-state index < -0.39 is 10.0 Å². The van der Waals surface area contributed by atoms with Crippen molar-refractivity contribution in [1.82, 2.24) is 9.62 Å². The molecule has 1 fully saturated rings. The molecule has 1 unspecified atom stereocenters. The highest BCUT2D eigenvalue weighted by molar-refractivity contribution is 7.89. The maximum absolute atomic E-state index is 12.7. The summed E-state index contributed by atoms with van der Waals surface area (Å²) in [6, 6.07) is 4.15. The number of nitrogens with zero attached hydrogens (tertiary/aromatic N) is 1. The van der Waals surface area contributed by atoms with Gasteiger partial charge in [-0.3, -0.25) is 4.79 Å². The number of nitrogens with one attached hydrogen (secondary N) is 1. The second-order valence-corrected chi connectivity index (χ2v) is 7.98. The van der Waals surface area contributed by atoms with E-state index in [9.17, 15) is 13.2 Å². The molecule has 0 saturated carbocycles. The van der Waals surface area contributed by atoms with E-state index in [-0.39, 0.29) is 28.6 Å². The lowest BCUT2D eigenvalue weighted by molar-refractivity contribution is 0.0708. The first kappa shape index (κ1) is 18.7. The van der Waals surface area contributed by atoms with Gasteiger partial charge < -0.3 is 15.4 Å². The van der Waals surface area contributed by atoms with Crippen molar-refractivity contribution in [1.29, 1.82) is 0 Å². The fourth-order valence-electron chi connectivity index (χ4n) is 2.77. The largest absolute Gasteiger partial charge is 0.495 e. The van der Waals surface area contributed by atoms with Gasteiger partial charge in [-0.05, 0) is 44.9 Å². The average molecular weight is 355 g/mol. The lowest BCUT2D eigenvalue weighted by Crippen LogP contribution is -2.45. The van der Waals surface area contributed by atoms with Crippen LogP contribution in [0.3, 0.4) is 0 Å². The van der Waals surface area contributed by atoms with E-state index in [1.54, 1.807) is 24.8 Å². The van der Waals surface area contributed by atoms with Crippen molar-refractivity contribution in [2.75, 3.05) is 20.2 Å². The van der Waals surface area contributed by atoms with Gasteiger partial charge in [0.15, 0.2) is 0 Å². The van der Waals surface area contributed by atoms with Crippen molar-refractivity contribution in [2.24, 2.45) is 5.73 Å². The topological polar surface area (TPSA) is 102 Å². The molecule has 2 rings (SSSR count). The van der Waals surface area contributed by atoms with Crippen molar-refractivity contribution in [3.63, 3.8) is 0 Å². The SMILES string of the molecule is COc1ccc(C(=O)N2CCCC(N)C2)cc1S(=O)(=O)NC(C)C. The van der Waals surface area contributed by atoms with E-state index in [0.717, 1.165) is 12.8 Å². The van der Waals surface area contributed by atoms with Gasteiger partial charge in [0.05, 0.1) is 7.11 Å². The lowest BCUT2D eigenvalue weighted by Gasteiger charge is -2.31. The highest BCUT2D eigenvalue weighted by Gasteiger charge is 2.26. The Kier molecular flexibility index (Phi) is 5.84. The first-order chi connectivity index (χ1) is 11.2. The molecule has 1 saturated heterocycles. The fourth-order valence-corrected chi connectivity index (χ4v) is 4.22. The summed E-state index contributed by atoms with van der Waals surface area (Å²) in [5.74, 6) is -0.0103. The molecule has 7 nitrogen and oxygen atoms in total. The smallest absolute Gasteiger partial charge is 0.253 e. The summed E-state index contributed by atoms with van der Waals surface area (Å²) in [5.41, 5.74) is 6.23. The molecular weight excluding hydrogens is 330 g/mol. The molecule has 134 valence electrons. The first-order valence-electron chi connectivity index (χ1n) is 8.00. The van der Waals surface area contributed by atoms with Crippen LogP contribution in [0.25, 0.3) is 0 Å². The zero-order valence-corrected chi connectivity index (χ0v) is 15.1.